The van der Waals surface area contributed by atoms with Crippen molar-refractivity contribution in [3.8, 4) is 5.75 Å². The summed E-state index contributed by atoms with van der Waals surface area (Å²) in [5.74, 6) is 0.368. The van der Waals surface area contributed by atoms with Crippen molar-refractivity contribution in [2.45, 2.75) is 24.7 Å². The third-order valence-electron chi connectivity index (χ3n) is 3.98. The summed E-state index contributed by atoms with van der Waals surface area (Å²) in [6, 6.07) is 10.5. The molecule has 132 valence electrons. The lowest BCUT2D eigenvalue weighted by atomic mass is 10.2. The number of ether oxygens (including phenoxy) is 1. The fourth-order valence-electron chi connectivity index (χ4n) is 2.35. The van der Waals surface area contributed by atoms with Gasteiger partial charge >= 0.3 is 0 Å². The highest BCUT2D eigenvalue weighted by atomic mass is 32.2. The molecule has 0 radical (unpaired) electrons. The van der Waals surface area contributed by atoms with Crippen LogP contribution in [0.3, 0.4) is 0 Å². The Bertz CT molecular complexity index is 816. The van der Waals surface area contributed by atoms with Gasteiger partial charge in [0, 0.05) is 24.5 Å². The molecule has 1 N–H and O–H groups in total. The molecule has 1 aliphatic carbocycles. The quantitative estimate of drug-likeness (QED) is 0.778. The minimum Gasteiger partial charge on any atom is -0.489 e. The summed E-state index contributed by atoms with van der Waals surface area (Å²) < 4.78 is 29.2. The number of carbonyl (C=O) groups excluding carboxylic acids is 1. The van der Waals surface area contributed by atoms with Crippen LogP contribution in [-0.2, 0) is 16.4 Å². The molecule has 1 fully saturated rings. The van der Waals surface area contributed by atoms with Gasteiger partial charge in [-0.25, -0.2) is 8.42 Å². The highest BCUT2D eigenvalue weighted by Gasteiger charge is 2.34. The third kappa shape index (κ3) is 5.03. The number of rotatable bonds is 8. The van der Waals surface area contributed by atoms with Crippen LogP contribution >= 0.6 is 0 Å². The fourth-order valence-corrected chi connectivity index (χ4v) is 3.93. The number of benzene rings is 1. The number of pyridine rings is 1. The molecule has 1 saturated carbocycles. The van der Waals surface area contributed by atoms with Crippen molar-refractivity contribution >= 4 is 15.7 Å². The first-order valence-corrected chi connectivity index (χ1v) is 9.88. The van der Waals surface area contributed by atoms with E-state index in [1.54, 1.807) is 36.7 Å². The molecule has 1 aromatic carbocycles. The molecule has 1 heterocycles. The Hall–Kier alpha value is -2.41. The molecule has 1 aromatic heterocycles. The molecule has 3 rings (SSSR count). The van der Waals surface area contributed by atoms with Crippen LogP contribution in [-0.4, -0.2) is 36.9 Å². The lowest BCUT2D eigenvalue weighted by molar-refractivity contribution is 0.0956. The SMILES string of the molecule is O=C(NCCS(=O)(=O)C1CC1)c1ccc(OCc2ccncc2)cc1. The topological polar surface area (TPSA) is 85.4 Å². The van der Waals surface area contributed by atoms with Crippen molar-refractivity contribution in [1.29, 1.82) is 0 Å². The minimum absolute atomic E-state index is 0.00344. The Kier molecular flexibility index (Phi) is 5.33. The molecule has 0 unspecified atom stereocenters. The first-order chi connectivity index (χ1) is 12.0. The van der Waals surface area contributed by atoms with Crippen molar-refractivity contribution in [1.82, 2.24) is 10.3 Å². The molecular formula is C18H20N2O4S. The van der Waals surface area contributed by atoms with Crippen molar-refractivity contribution < 1.29 is 17.9 Å². The van der Waals surface area contributed by atoms with E-state index < -0.39 is 9.84 Å². The van der Waals surface area contributed by atoms with E-state index in [4.69, 9.17) is 4.74 Å². The first-order valence-electron chi connectivity index (χ1n) is 8.16. The van der Waals surface area contributed by atoms with Crippen LogP contribution in [0.25, 0.3) is 0 Å². The van der Waals surface area contributed by atoms with Crippen molar-refractivity contribution in [3.05, 3.63) is 59.9 Å². The Morgan fingerprint density at radius 1 is 1.12 bits per heavy atom. The number of carbonyl (C=O) groups is 1. The van der Waals surface area contributed by atoms with E-state index in [2.05, 4.69) is 10.3 Å². The van der Waals surface area contributed by atoms with E-state index in [0.29, 0.717) is 17.9 Å². The number of nitrogens with one attached hydrogen (secondary N) is 1. The molecule has 2 aromatic rings. The third-order valence-corrected chi connectivity index (χ3v) is 6.24. The second-order valence-electron chi connectivity index (χ2n) is 5.99. The van der Waals surface area contributed by atoms with Crippen LogP contribution in [0.4, 0.5) is 0 Å². The molecule has 0 bridgehead atoms. The van der Waals surface area contributed by atoms with Gasteiger partial charge in [0.25, 0.3) is 5.91 Å². The smallest absolute Gasteiger partial charge is 0.251 e. The zero-order valence-corrected chi connectivity index (χ0v) is 14.5. The number of hydrogen-bond donors (Lipinski definition) is 1. The van der Waals surface area contributed by atoms with Gasteiger partial charge in [0.15, 0.2) is 9.84 Å². The molecule has 0 spiro atoms. The molecule has 1 amide bonds. The van der Waals surface area contributed by atoms with Gasteiger partial charge in [-0.15, -0.1) is 0 Å². The Balaban J connectivity index is 1.47. The van der Waals surface area contributed by atoms with Crippen molar-refractivity contribution in [2.75, 3.05) is 12.3 Å². The van der Waals surface area contributed by atoms with Crippen LogP contribution in [0.5, 0.6) is 5.75 Å². The maximum Gasteiger partial charge on any atom is 0.251 e. The standard InChI is InChI=1S/C18H20N2O4S/c21-18(20-11-12-25(22,23)17-5-6-17)15-1-3-16(4-2-15)24-13-14-7-9-19-10-8-14/h1-4,7-10,17H,5-6,11-13H2,(H,20,21). The minimum atomic E-state index is -3.04. The maximum absolute atomic E-state index is 12.1. The number of sulfone groups is 1. The van der Waals surface area contributed by atoms with Gasteiger partial charge in [-0.2, -0.15) is 0 Å². The summed E-state index contributed by atoms with van der Waals surface area (Å²) in [4.78, 5) is 16.0. The first kappa shape index (κ1) is 17.4. The summed E-state index contributed by atoms with van der Waals surface area (Å²) in [6.07, 6.45) is 4.90. The van der Waals surface area contributed by atoms with Crippen molar-refractivity contribution in [3.63, 3.8) is 0 Å². The Labute approximate surface area is 147 Å². The summed E-state index contributed by atoms with van der Waals surface area (Å²) in [5.41, 5.74) is 1.48. The van der Waals surface area contributed by atoms with Crippen LogP contribution in [0, 0.1) is 0 Å². The summed E-state index contributed by atoms with van der Waals surface area (Å²) in [5, 5.41) is 2.46. The Morgan fingerprint density at radius 3 is 2.44 bits per heavy atom. The van der Waals surface area contributed by atoms with Crippen LogP contribution < -0.4 is 10.1 Å². The van der Waals surface area contributed by atoms with E-state index in [1.807, 2.05) is 12.1 Å². The van der Waals surface area contributed by atoms with Gasteiger partial charge in [0.2, 0.25) is 0 Å². The van der Waals surface area contributed by atoms with Gasteiger partial charge in [-0.1, -0.05) is 0 Å². The zero-order chi connectivity index (χ0) is 17.7. The average Bonchev–Trinajstić information content (AvgIpc) is 3.47. The predicted molar refractivity (Wildman–Crippen MR) is 94.2 cm³/mol. The van der Waals surface area contributed by atoms with Gasteiger partial charge in [-0.05, 0) is 54.8 Å². The van der Waals surface area contributed by atoms with E-state index in [9.17, 15) is 13.2 Å². The molecule has 0 atom stereocenters. The molecular weight excluding hydrogens is 340 g/mol. The molecule has 6 nitrogen and oxygen atoms in total. The lowest BCUT2D eigenvalue weighted by Gasteiger charge is -2.08. The Morgan fingerprint density at radius 2 is 1.80 bits per heavy atom. The zero-order valence-electron chi connectivity index (χ0n) is 13.7. The fraction of sp³-hybridized carbons (Fsp3) is 0.333. The molecule has 7 heteroatoms. The number of aromatic nitrogens is 1. The summed E-state index contributed by atoms with van der Waals surface area (Å²) in [6.45, 7) is 0.561. The summed E-state index contributed by atoms with van der Waals surface area (Å²) >= 11 is 0. The highest BCUT2D eigenvalue weighted by molar-refractivity contribution is 7.92. The van der Waals surface area contributed by atoms with Gasteiger partial charge in [0.1, 0.15) is 12.4 Å². The van der Waals surface area contributed by atoms with E-state index in [1.165, 1.54) is 0 Å². The van der Waals surface area contributed by atoms with E-state index >= 15 is 0 Å². The monoisotopic (exact) mass is 360 g/mol. The molecule has 0 aliphatic heterocycles. The normalized spacial score (nSPS) is 14.1. The second kappa shape index (κ2) is 7.65. The van der Waals surface area contributed by atoms with E-state index in [0.717, 1.165) is 18.4 Å². The van der Waals surface area contributed by atoms with Crippen LogP contribution in [0.2, 0.25) is 0 Å². The number of amides is 1. The predicted octanol–water partition coefficient (Wildman–Crippen LogP) is 1.97. The lowest BCUT2D eigenvalue weighted by Crippen LogP contribution is -2.30. The summed E-state index contributed by atoms with van der Waals surface area (Å²) in [7, 11) is -3.04. The van der Waals surface area contributed by atoms with Gasteiger partial charge < -0.3 is 10.1 Å². The average molecular weight is 360 g/mol. The van der Waals surface area contributed by atoms with Crippen molar-refractivity contribution in [2.24, 2.45) is 0 Å². The van der Waals surface area contributed by atoms with Gasteiger partial charge in [-0.3, -0.25) is 9.78 Å². The van der Waals surface area contributed by atoms with Gasteiger partial charge in [0.05, 0.1) is 11.0 Å². The van der Waals surface area contributed by atoms with E-state index in [-0.39, 0.29) is 23.5 Å². The molecule has 25 heavy (non-hydrogen) atoms. The highest BCUT2D eigenvalue weighted by Crippen LogP contribution is 2.28. The second-order valence-corrected chi connectivity index (χ2v) is 8.39. The maximum atomic E-state index is 12.1. The number of hydrogen-bond acceptors (Lipinski definition) is 5. The van der Waals surface area contributed by atoms with Crippen LogP contribution in [0.15, 0.2) is 48.8 Å². The molecule has 1 aliphatic rings. The largest absolute Gasteiger partial charge is 0.489 e. The molecule has 0 saturated heterocycles. The van der Waals surface area contributed by atoms with Crippen LogP contribution in [0.1, 0.15) is 28.8 Å². The number of nitrogens with zero attached hydrogens (tertiary/aromatic N) is 1.